The Morgan fingerprint density at radius 1 is 0.680 bits per heavy atom. The van der Waals surface area contributed by atoms with E-state index in [1.54, 1.807) is 36.7 Å². The number of hydrogen-bond acceptors (Lipinski definition) is 4. The van der Waals surface area contributed by atoms with E-state index < -0.39 is 11.1 Å². The molecule has 4 nitrogen and oxygen atoms in total. The van der Waals surface area contributed by atoms with Crippen molar-refractivity contribution in [2.75, 3.05) is 0 Å². The first-order chi connectivity index (χ1) is 11.2. The van der Waals surface area contributed by atoms with Crippen molar-refractivity contribution in [1.82, 2.24) is 0 Å². The monoisotopic (exact) mass is 381 g/mol. The summed E-state index contributed by atoms with van der Waals surface area (Å²) in [6, 6.07) is 13.6. The van der Waals surface area contributed by atoms with Crippen molar-refractivity contribution in [1.29, 1.82) is 0 Å². The average Bonchev–Trinajstić information content (AvgIpc) is 2.53. The predicted molar refractivity (Wildman–Crippen MR) is 95.1 cm³/mol. The second-order valence-electron chi connectivity index (χ2n) is 6.71. The van der Waals surface area contributed by atoms with Crippen LogP contribution >= 0.6 is 0 Å². The van der Waals surface area contributed by atoms with Crippen LogP contribution in [0.2, 0.25) is 0 Å². The molecule has 0 aliphatic heterocycles. The third-order valence-electron chi connectivity index (χ3n) is 4.39. The fraction of sp³-hybridized carbons (Fsp3) is 0.300. The van der Waals surface area contributed by atoms with Gasteiger partial charge in [0.05, 0.1) is 11.1 Å². The predicted octanol–water partition coefficient (Wildman–Crippen LogP) is 2.93. The van der Waals surface area contributed by atoms with E-state index in [9.17, 15) is 10.2 Å². The molecular weight excluding hydrogens is 359 g/mol. The second kappa shape index (κ2) is 8.31. The van der Waals surface area contributed by atoms with Crippen molar-refractivity contribution < 1.29 is 27.0 Å². The van der Waals surface area contributed by atoms with E-state index in [1.807, 2.05) is 39.8 Å². The standard InChI is InChI=1S/C20H24N2O2.Co/c1-19(2,21-13-15-9-5-7-11-17(15)23)20(3,4)22-14-16-10-6-8-12-18(16)24;/h5-14,23-24H,1-4H3;/q;+2/p-2. The SMILES string of the molecule is CC(C)(N=Cc1ccccc1[O-])C(C)(C)N=Cc1ccccc1[O-].[Co+2]. The Kier molecular flexibility index (Phi) is 6.96. The molecule has 0 fully saturated rings. The summed E-state index contributed by atoms with van der Waals surface area (Å²) in [6.45, 7) is 7.82. The maximum atomic E-state index is 11.8. The van der Waals surface area contributed by atoms with Gasteiger partial charge < -0.3 is 10.2 Å². The van der Waals surface area contributed by atoms with Gasteiger partial charge in [-0.1, -0.05) is 48.5 Å². The molecule has 0 aliphatic carbocycles. The van der Waals surface area contributed by atoms with E-state index in [1.165, 1.54) is 12.1 Å². The van der Waals surface area contributed by atoms with Gasteiger partial charge in [0.2, 0.25) is 0 Å². The van der Waals surface area contributed by atoms with Crippen LogP contribution in [-0.4, -0.2) is 23.5 Å². The molecule has 0 bridgehead atoms. The normalized spacial score (nSPS) is 12.5. The number of hydrogen-bond donors (Lipinski definition) is 0. The number of rotatable bonds is 5. The fourth-order valence-corrected chi connectivity index (χ4v) is 1.95. The first-order valence-electron chi connectivity index (χ1n) is 7.85. The Bertz CT molecular complexity index is 702. The van der Waals surface area contributed by atoms with Crippen molar-refractivity contribution in [2.45, 2.75) is 38.8 Å². The maximum absolute atomic E-state index is 11.8. The third-order valence-corrected chi connectivity index (χ3v) is 4.39. The maximum Gasteiger partial charge on any atom is 2.00 e. The molecule has 0 aliphatic rings. The van der Waals surface area contributed by atoms with Gasteiger partial charge >= 0.3 is 16.8 Å². The molecule has 0 amide bonds. The van der Waals surface area contributed by atoms with Gasteiger partial charge in [-0.15, -0.1) is 11.5 Å². The summed E-state index contributed by atoms with van der Waals surface area (Å²) in [6.07, 6.45) is 3.20. The Morgan fingerprint density at radius 3 is 1.32 bits per heavy atom. The second-order valence-corrected chi connectivity index (χ2v) is 6.71. The molecule has 0 atom stereocenters. The fourth-order valence-electron chi connectivity index (χ4n) is 1.95. The number of aliphatic imine (C=N–C) groups is 2. The van der Waals surface area contributed by atoms with Crippen LogP contribution < -0.4 is 10.2 Å². The van der Waals surface area contributed by atoms with E-state index in [-0.39, 0.29) is 28.3 Å². The van der Waals surface area contributed by atoms with Gasteiger partial charge in [-0.3, -0.25) is 9.98 Å². The summed E-state index contributed by atoms with van der Waals surface area (Å²) in [7, 11) is 0. The van der Waals surface area contributed by atoms with Gasteiger partial charge in [-0.2, -0.15) is 0 Å². The van der Waals surface area contributed by atoms with Crippen LogP contribution in [0.15, 0.2) is 58.5 Å². The van der Waals surface area contributed by atoms with Crippen LogP contribution in [0.1, 0.15) is 38.8 Å². The average molecular weight is 381 g/mol. The quantitative estimate of drug-likeness (QED) is 0.747. The van der Waals surface area contributed by atoms with Crippen LogP contribution in [0, 0.1) is 0 Å². The summed E-state index contributed by atoms with van der Waals surface area (Å²) < 4.78 is 0. The molecule has 0 spiro atoms. The minimum atomic E-state index is -0.552. The molecule has 2 aromatic carbocycles. The Labute approximate surface area is 159 Å². The first-order valence-corrected chi connectivity index (χ1v) is 7.85. The van der Waals surface area contributed by atoms with Gasteiger partial charge in [0.1, 0.15) is 0 Å². The minimum Gasteiger partial charge on any atom is -0.872 e. The zero-order chi connectivity index (χ0) is 17.8. The molecule has 2 aromatic rings. The van der Waals surface area contributed by atoms with E-state index >= 15 is 0 Å². The van der Waals surface area contributed by atoms with Crippen LogP contribution in [-0.2, 0) is 16.8 Å². The van der Waals surface area contributed by atoms with E-state index in [0.717, 1.165) is 0 Å². The van der Waals surface area contributed by atoms with Crippen molar-refractivity contribution in [3.63, 3.8) is 0 Å². The molecule has 0 unspecified atom stereocenters. The van der Waals surface area contributed by atoms with Crippen LogP contribution in [0.4, 0.5) is 0 Å². The van der Waals surface area contributed by atoms with Crippen molar-refractivity contribution in [2.24, 2.45) is 9.98 Å². The minimum absolute atomic E-state index is 0. The summed E-state index contributed by atoms with van der Waals surface area (Å²) in [5.74, 6) is -0.114. The van der Waals surface area contributed by atoms with E-state index in [2.05, 4.69) is 9.98 Å². The van der Waals surface area contributed by atoms with Gasteiger partial charge in [-0.05, 0) is 38.8 Å². The largest absolute Gasteiger partial charge is 2.00 e. The van der Waals surface area contributed by atoms with Crippen LogP contribution in [0.5, 0.6) is 11.5 Å². The molecule has 25 heavy (non-hydrogen) atoms. The van der Waals surface area contributed by atoms with Gasteiger partial charge in [0.15, 0.2) is 0 Å². The molecular formula is C20H22CoN2O2. The van der Waals surface area contributed by atoms with Gasteiger partial charge in [0.25, 0.3) is 0 Å². The number of nitrogens with zero attached hydrogens (tertiary/aromatic N) is 2. The number of para-hydroxylation sites is 2. The topological polar surface area (TPSA) is 70.8 Å². The third kappa shape index (κ3) is 5.18. The molecule has 5 heteroatoms. The summed E-state index contributed by atoms with van der Waals surface area (Å²) in [5.41, 5.74) is -0.00162. The molecule has 2 rings (SSSR count). The van der Waals surface area contributed by atoms with Crippen LogP contribution in [0.25, 0.3) is 0 Å². The molecule has 1 radical (unpaired) electrons. The van der Waals surface area contributed by atoms with Crippen molar-refractivity contribution in [3.05, 3.63) is 59.7 Å². The van der Waals surface area contributed by atoms with Crippen molar-refractivity contribution in [3.8, 4) is 11.5 Å². The Balaban J connectivity index is 0.00000312. The molecule has 0 heterocycles. The van der Waals surface area contributed by atoms with Crippen LogP contribution in [0.3, 0.4) is 0 Å². The molecule has 0 saturated heterocycles. The smallest absolute Gasteiger partial charge is 0.872 e. The van der Waals surface area contributed by atoms with Crippen molar-refractivity contribution >= 4 is 12.4 Å². The van der Waals surface area contributed by atoms with E-state index in [4.69, 9.17) is 0 Å². The van der Waals surface area contributed by atoms with Gasteiger partial charge in [0, 0.05) is 12.4 Å². The van der Waals surface area contributed by atoms with E-state index in [0.29, 0.717) is 11.1 Å². The zero-order valence-corrected chi connectivity index (χ0v) is 15.9. The molecule has 133 valence electrons. The molecule has 0 saturated carbocycles. The molecule has 0 aromatic heterocycles. The molecule has 0 N–H and O–H groups in total. The number of benzene rings is 2. The Hall–Kier alpha value is -2.11. The van der Waals surface area contributed by atoms with Gasteiger partial charge in [-0.25, -0.2) is 0 Å². The first kappa shape index (κ1) is 20.9. The summed E-state index contributed by atoms with van der Waals surface area (Å²) in [4.78, 5) is 9.15. The summed E-state index contributed by atoms with van der Waals surface area (Å²) >= 11 is 0. The summed E-state index contributed by atoms with van der Waals surface area (Å²) in [5, 5.41) is 23.6. The Morgan fingerprint density at radius 2 is 1.00 bits per heavy atom. The zero-order valence-electron chi connectivity index (χ0n) is 14.8.